The standard InChI is InChI=1S/C33H36O3S3/c1-22(2)34-25-7-13-28(14-8-25)37-31-19-32(38-29-15-9-26(10-16-29)35-23(3)4)21-33(20-31)39-30-17-11-27(12-18-30)36-24(5)6/h7-24H,1-6H3. The summed E-state index contributed by atoms with van der Waals surface area (Å²) in [7, 11) is 0. The Kier molecular flexibility index (Phi) is 10.6. The van der Waals surface area contributed by atoms with E-state index in [1.165, 1.54) is 29.4 Å². The normalized spacial score (nSPS) is 11.3. The molecule has 3 nitrogen and oxygen atoms in total. The third-order valence-corrected chi connectivity index (χ3v) is 8.09. The van der Waals surface area contributed by atoms with E-state index in [4.69, 9.17) is 14.2 Å². The Balaban J connectivity index is 1.56. The van der Waals surface area contributed by atoms with Gasteiger partial charge in [-0.25, -0.2) is 0 Å². The highest BCUT2D eigenvalue weighted by atomic mass is 32.2. The molecule has 0 atom stereocenters. The third-order valence-electron chi connectivity index (χ3n) is 5.15. The maximum atomic E-state index is 5.82. The maximum Gasteiger partial charge on any atom is 0.119 e. The van der Waals surface area contributed by atoms with Gasteiger partial charge >= 0.3 is 0 Å². The smallest absolute Gasteiger partial charge is 0.119 e. The summed E-state index contributed by atoms with van der Waals surface area (Å²) >= 11 is 5.28. The van der Waals surface area contributed by atoms with Crippen LogP contribution in [0.2, 0.25) is 0 Å². The van der Waals surface area contributed by atoms with E-state index in [9.17, 15) is 0 Å². The minimum atomic E-state index is 0.161. The molecule has 0 heterocycles. The zero-order valence-electron chi connectivity index (χ0n) is 23.3. The molecule has 4 aromatic carbocycles. The SMILES string of the molecule is CC(C)Oc1ccc(Sc2cc(Sc3ccc(OC(C)C)cc3)cc(Sc3ccc(OC(C)C)cc3)c2)cc1. The van der Waals surface area contributed by atoms with Crippen molar-refractivity contribution in [3.05, 3.63) is 91.0 Å². The minimum Gasteiger partial charge on any atom is -0.491 e. The molecule has 39 heavy (non-hydrogen) atoms. The average molecular weight is 577 g/mol. The second-order valence-corrected chi connectivity index (χ2v) is 13.3. The molecule has 0 saturated heterocycles. The molecule has 0 aromatic heterocycles. The van der Waals surface area contributed by atoms with Crippen LogP contribution in [-0.2, 0) is 0 Å². The molecule has 6 heteroatoms. The van der Waals surface area contributed by atoms with Crippen LogP contribution in [0.3, 0.4) is 0 Å². The van der Waals surface area contributed by atoms with Crippen LogP contribution in [-0.4, -0.2) is 18.3 Å². The fourth-order valence-corrected chi connectivity index (χ4v) is 6.68. The summed E-state index contributed by atoms with van der Waals surface area (Å²) in [4.78, 5) is 7.11. The highest BCUT2D eigenvalue weighted by Gasteiger charge is 2.09. The Bertz CT molecular complexity index is 1140. The molecule has 0 saturated carbocycles. The Hall–Kier alpha value is -2.67. The number of hydrogen-bond donors (Lipinski definition) is 0. The quantitative estimate of drug-likeness (QED) is 0.167. The van der Waals surface area contributed by atoms with Gasteiger partial charge in [-0.1, -0.05) is 35.3 Å². The molecule has 0 fully saturated rings. The van der Waals surface area contributed by atoms with E-state index in [0.717, 1.165) is 17.2 Å². The average Bonchev–Trinajstić information content (AvgIpc) is 2.87. The van der Waals surface area contributed by atoms with Crippen LogP contribution < -0.4 is 14.2 Å². The summed E-state index contributed by atoms with van der Waals surface area (Å²) in [6, 6.07) is 31.7. The zero-order valence-corrected chi connectivity index (χ0v) is 25.8. The summed E-state index contributed by atoms with van der Waals surface area (Å²) in [5, 5.41) is 0. The van der Waals surface area contributed by atoms with Crippen LogP contribution in [0.15, 0.2) is 120 Å². The maximum absolute atomic E-state index is 5.82. The Morgan fingerprint density at radius 3 is 0.795 bits per heavy atom. The van der Waals surface area contributed by atoms with Gasteiger partial charge in [0, 0.05) is 29.4 Å². The van der Waals surface area contributed by atoms with Crippen LogP contribution in [0.1, 0.15) is 41.5 Å². The van der Waals surface area contributed by atoms with E-state index in [0.29, 0.717) is 0 Å². The lowest BCUT2D eigenvalue weighted by Gasteiger charge is -2.13. The molecule has 204 valence electrons. The van der Waals surface area contributed by atoms with Gasteiger partial charge in [0.25, 0.3) is 0 Å². The van der Waals surface area contributed by atoms with Crippen molar-refractivity contribution in [1.29, 1.82) is 0 Å². The largest absolute Gasteiger partial charge is 0.491 e. The summed E-state index contributed by atoms with van der Waals surface area (Å²) in [6.07, 6.45) is 0.483. The van der Waals surface area contributed by atoms with E-state index < -0.39 is 0 Å². The molecule has 0 amide bonds. The fourth-order valence-electron chi connectivity index (χ4n) is 3.71. The number of benzene rings is 4. The molecule has 0 bridgehead atoms. The monoisotopic (exact) mass is 576 g/mol. The number of hydrogen-bond acceptors (Lipinski definition) is 6. The van der Waals surface area contributed by atoms with Crippen LogP contribution >= 0.6 is 35.3 Å². The van der Waals surface area contributed by atoms with E-state index in [1.807, 2.05) is 77.9 Å². The van der Waals surface area contributed by atoms with Crippen molar-refractivity contribution in [3.63, 3.8) is 0 Å². The van der Waals surface area contributed by atoms with E-state index >= 15 is 0 Å². The summed E-state index contributed by atoms with van der Waals surface area (Å²) in [5.41, 5.74) is 0. The predicted octanol–water partition coefficient (Wildman–Crippen LogP) is 10.5. The number of rotatable bonds is 12. The first-order valence-corrected chi connectivity index (χ1v) is 15.7. The molecule has 0 aliphatic carbocycles. The second-order valence-electron chi connectivity index (χ2n) is 9.86. The molecule has 0 N–H and O–H groups in total. The fraction of sp³-hybridized carbons (Fsp3) is 0.273. The lowest BCUT2D eigenvalue weighted by Crippen LogP contribution is -2.05. The van der Waals surface area contributed by atoms with Crippen molar-refractivity contribution >= 4 is 35.3 Å². The lowest BCUT2D eigenvalue weighted by atomic mass is 10.3. The van der Waals surface area contributed by atoms with Crippen molar-refractivity contribution in [1.82, 2.24) is 0 Å². The summed E-state index contributed by atoms with van der Waals surface area (Å²) in [5.74, 6) is 2.68. The minimum absolute atomic E-state index is 0.161. The van der Waals surface area contributed by atoms with Gasteiger partial charge in [0.05, 0.1) is 18.3 Å². The second kappa shape index (κ2) is 14.1. The first-order chi connectivity index (χ1) is 18.7. The molecule has 0 aliphatic rings. The molecule has 4 aromatic rings. The highest BCUT2D eigenvalue weighted by molar-refractivity contribution is 8.01. The van der Waals surface area contributed by atoms with Crippen molar-refractivity contribution in [3.8, 4) is 17.2 Å². The van der Waals surface area contributed by atoms with Crippen molar-refractivity contribution < 1.29 is 14.2 Å². The Labute approximate surface area is 246 Å². The van der Waals surface area contributed by atoms with Gasteiger partial charge in [0.1, 0.15) is 17.2 Å². The third kappa shape index (κ3) is 9.79. The van der Waals surface area contributed by atoms with Crippen molar-refractivity contribution in [2.45, 2.75) is 89.2 Å². The predicted molar refractivity (Wildman–Crippen MR) is 165 cm³/mol. The molecular formula is C33H36O3S3. The molecule has 4 rings (SSSR count). The van der Waals surface area contributed by atoms with Crippen LogP contribution in [0.25, 0.3) is 0 Å². The number of ether oxygens (including phenoxy) is 3. The first kappa shape index (κ1) is 29.3. The summed E-state index contributed by atoms with van der Waals surface area (Å²) in [6.45, 7) is 12.3. The first-order valence-electron chi connectivity index (χ1n) is 13.2. The van der Waals surface area contributed by atoms with Gasteiger partial charge in [-0.05, 0) is 133 Å². The molecule has 0 aliphatic heterocycles. The van der Waals surface area contributed by atoms with E-state index in [2.05, 4.69) is 54.6 Å². The summed E-state index contributed by atoms with van der Waals surface area (Å²) < 4.78 is 17.4. The Morgan fingerprint density at radius 2 is 0.590 bits per heavy atom. The lowest BCUT2D eigenvalue weighted by molar-refractivity contribution is 0.242. The molecule has 0 spiro atoms. The van der Waals surface area contributed by atoms with Gasteiger partial charge < -0.3 is 14.2 Å². The van der Waals surface area contributed by atoms with Crippen molar-refractivity contribution in [2.75, 3.05) is 0 Å². The molecular weight excluding hydrogens is 541 g/mol. The Morgan fingerprint density at radius 1 is 0.359 bits per heavy atom. The van der Waals surface area contributed by atoms with Gasteiger partial charge in [0.15, 0.2) is 0 Å². The van der Waals surface area contributed by atoms with E-state index in [1.54, 1.807) is 35.3 Å². The van der Waals surface area contributed by atoms with Gasteiger partial charge in [-0.3, -0.25) is 0 Å². The van der Waals surface area contributed by atoms with Gasteiger partial charge in [-0.2, -0.15) is 0 Å². The van der Waals surface area contributed by atoms with E-state index in [-0.39, 0.29) is 18.3 Å². The van der Waals surface area contributed by atoms with Crippen molar-refractivity contribution in [2.24, 2.45) is 0 Å². The van der Waals surface area contributed by atoms with Crippen LogP contribution in [0.4, 0.5) is 0 Å². The van der Waals surface area contributed by atoms with Gasteiger partial charge in [0.2, 0.25) is 0 Å². The molecule has 0 unspecified atom stereocenters. The van der Waals surface area contributed by atoms with Crippen LogP contribution in [0.5, 0.6) is 17.2 Å². The van der Waals surface area contributed by atoms with Gasteiger partial charge in [-0.15, -0.1) is 0 Å². The van der Waals surface area contributed by atoms with Crippen LogP contribution in [0, 0.1) is 0 Å². The topological polar surface area (TPSA) is 27.7 Å². The molecule has 0 radical (unpaired) electrons. The highest BCUT2D eigenvalue weighted by Crippen LogP contribution is 2.40. The zero-order chi connectivity index (χ0) is 27.8.